The Labute approximate surface area is 74.3 Å². The lowest BCUT2D eigenvalue weighted by Crippen LogP contribution is -2.06. The van der Waals surface area contributed by atoms with Gasteiger partial charge in [0.15, 0.2) is 5.15 Å². The average molecular weight is 190 g/mol. The van der Waals surface area contributed by atoms with Crippen LogP contribution in [0.5, 0.6) is 0 Å². The largest absolute Gasteiger partial charge is 0.461 e. The molecule has 0 fully saturated rings. The van der Waals surface area contributed by atoms with Crippen LogP contribution in [-0.4, -0.2) is 27.6 Å². The molecule has 0 bridgehead atoms. The zero-order chi connectivity index (χ0) is 9.14. The van der Waals surface area contributed by atoms with Crippen LogP contribution in [0.25, 0.3) is 0 Å². The van der Waals surface area contributed by atoms with E-state index in [-0.39, 0.29) is 10.8 Å². The number of esters is 1. The van der Waals surface area contributed by atoms with Crippen LogP contribution in [-0.2, 0) is 11.8 Å². The van der Waals surface area contributed by atoms with Gasteiger partial charge in [0.05, 0.1) is 6.61 Å². The number of carbonyl (C=O) groups excluding carboxylic acids is 1. The van der Waals surface area contributed by atoms with Gasteiger partial charge >= 0.3 is 5.97 Å². The van der Waals surface area contributed by atoms with Gasteiger partial charge in [0.2, 0.25) is 5.69 Å². The first kappa shape index (κ1) is 8.99. The zero-order valence-corrected chi connectivity index (χ0v) is 7.50. The predicted octanol–water partition coefficient (Wildman–Crippen LogP) is 0.645. The Morgan fingerprint density at radius 3 is 2.75 bits per heavy atom. The number of rotatable bonds is 2. The lowest BCUT2D eigenvalue weighted by molar-refractivity contribution is 0.0519. The van der Waals surface area contributed by atoms with Gasteiger partial charge in [-0.15, -0.1) is 10.2 Å². The smallest absolute Gasteiger partial charge is 0.362 e. The molecule has 1 rings (SSSR count). The molecule has 0 amide bonds. The van der Waals surface area contributed by atoms with Crippen molar-refractivity contribution in [2.45, 2.75) is 6.92 Å². The summed E-state index contributed by atoms with van der Waals surface area (Å²) in [6, 6.07) is 0. The third kappa shape index (κ3) is 1.73. The molecule has 66 valence electrons. The highest BCUT2D eigenvalue weighted by molar-refractivity contribution is 6.32. The molecule has 0 aliphatic heterocycles. The monoisotopic (exact) mass is 189 g/mol. The lowest BCUT2D eigenvalue weighted by atomic mass is 10.5. The van der Waals surface area contributed by atoms with Crippen molar-refractivity contribution in [2.75, 3.05) is 6.61 Å². The third-order valence-corrected chi connectivity index (χ3v) is 1.40. The molecular formula is C6H8ClN3O2. The Balaban J connectivity index is 2.87. The first-order valence-electron chi connectivity index (χ1n) is 3.39. The van der Waals surface area contributed by atoms with Crippen molar-refractivity contribution in [3.63, 3.8) is 0 Å². The SMILES string of the molecule is CCOC(=O)c1nn(C)nc1Cl. The second kappa shape index (κ2) is 3.53. The number of nitrogens with zero attached hydrogens (tertiary/aromatic N) is 3. The van der Waals surface area contributed by atoms with E-state index >= 15 is 0 Å². The average Bonchev–Trinajstić information content (AvgIpc) is 2.30. The van der Waals surface area contributed by atoms with E-state index in [4.69, 9.17) is 11.6 Å². The van der Waals surface area contributed by atoms with Crippen molar-refractivity contribution >= 4 is 17.6 Å². The molecule has 5 nitrogen and oxygen atoms in total. The molecule has 0 spiro atoms. The van der Waals surface area contributed by atoms with E-state index in [1.807, 2.05) is 0 Å². The van der Waals surface area contributed by atoms with E-state index < -0.39 is 5.97 Å². The van der Waals surface area contributed by atoms with E-state index in [1.54, 1.807) is 14.0 Å². The predicted molar refractivity (Wildman–Crippen MR) is 42.0 cm³/mol. The van der Waals surface area contributed by atoms with Gasteiger partial charge in [-0.2, -0.15) is 4.80 Å². The number of aromatic nitrogens is 3. The van der Waals surface area contributed by atoms with Gasteiger partial charge in [-0.25, -0.2) is 4.79 Å². The molecule has 0 aliphatic rings. The minimum absolute atomic E-state index is 0.0565. The molecule has 0 saturated carbocycles. The van der Waals surface area contributed by atoms with Crippen LogP contribution in [0, 0.1) is 0 Å². The van der Waals surface area contributed by atoms with Gasteiger partial charge in [-0.3, -0.25) is 0 Å². The van der Waals surface area contributed by atoms with Gasteiger partial charge in [0.1, 0.15) is 0 Å². The fraction of sp³-hybridized carbons (Fsp3) is 0.500. The Hall–Kier alpha value is -1.10. The lowest BCUT2D eigenvalue weighted by Gasteiger charge is -1.95. The maximum absolute atomic E-state index is 11.1. The summed E-state index contributed by atoms with van der Waals surface area (Å²) >= 11 is 5.58. The molecule has 6 heteroatoms. The van der Waals surface area contributed by atoms with E-state index in [2.05, 4.69) is 14.9 Å². The molecule has 1 aromatic heterocycles. The van der Waals surface area contributed by atoms with Crippen molar-refractivity contribution in [3.05, 3.63) is 10.8 Å². The Morgan fingerprint density at radius 1 is 1.67 bits per heavy atom. The highest BCUT2D eigenvalue weighted by Crippen LogP contribution is 2.09. The molecule has 0 N–H and O–H groups in total. The van der Waals surface area contributed by atoms with E-state index in [9.17, 15) is 4.79 Å². The quantitative estimate of drug-likeness (QED) is 0.641. The fourth-order valence-corrected chi connectivity index (χ4v) is 0.932. The van der Waals surface area contributed by atoms with Crippen LogP contribution in [0.2, 0.25) is 5.15 Å². The standard InChI is InChI=1S/C6H8ClN3O2/c1-3-12-6(11)4-5(7)9-10(2)8-4/h3H2,1-2H3. The summed E-state index contributed by atoms with van der Waals surface area (Å²) in [6.07, 6.45) is 0. The molecule has 12 heavy (non-hydrogen) atoms. The number of ether oxygens (including phenoxy) is 1. The summed E-state index contributed by atoms with van der Waals surface area (Å²) in [5.41, 5.74) is 0.0565. The topological polar surface area (TPSA) is 57.0 Å². The number of aryl methyl sites for hydroxylation is 1. The van der Waals surface area contributed by atoms with Gasteiger partial charge in [-0.1, -0.05) is 11.6 Å². The first-order chi connectivity index (χ1) is 5.65. The minimum atomic E-state index is -0.546. The summed E-state index contributed by atoms with van der Waals surface area (Å²) in [4.78, 5) is 12.3. The highest BCUT2D eigenvalue weighted by Gasteiger charge is 2.16. The molecule has 0 aromatic carbocycles. The molecule has 1 aromatic rings. The Bertz CT molecular complexity index is 297. The van der Waals surface area contributed by atoms with Crippen molar-refractivity contribution < 1.29 is 9.53 Å². The summed E-state index contributed by atoms with van der Waals surface area (Å²) in [7, 11) is 1.58. The molecule has 1 heterocycles. The first-order valence-corrected chi connectivity index (χ1v) is 3.77. The van der Waals surface area contributed by atoms with Crippen LogP contribution >= 0.6 is 11.6 Å². The van der Waals surface area contributed by atoms with Crippen LogP contribution in [0.3, 0.4) is 0 Å². The van der Waals surface area contributed by atoms with Gasteiger partial charge < -0.3 is 4.74 Å². The molecule has 0 saturated heterocycles. The highest BCUT2D eigenvalue weighted by atomic mass is 35.5. The fourth-order valence-electron chi connectivity index (χ4n) is 0.707. The van der Waals surface area contributed by atoms with Crippen molar-refractivity contribution in [1.29, 1.82) is 0 Å². The second-order valence-corrected chi connectivity index (χ2v) is 2.41. The number of hydrogen-bond acceptors (Lipinski definition) is 4. The molecule has 0 aliphatic carbocycles. The Kier molecular flexibility index (Phi) is 2.65. The van der Waals surface area contributed by atoms with Crippen LogP contribution in [0.15, 0.2) is 0 Å². The normalized spacial score (nSPS) is 9.92. The molecule has 0 atom stereocenters. The van der Waals surface area contributed by atoms with Crippen LogP contribution < -0.4 is 0 Å². The number of carbonyl (C=O) groups is 1. The second-order valence-electron chi connectivity index (χ2n) is 2.05. The summed E-state index contributed by atoms with van der Waals surface area (Å²) in [5, 5.41) is 7.48. The number of halogens is 1. The van der Waals surface area contributed by atoms with Gasteiger partial charge in [0.25, 0.3) is 0 Å². The van der Waals surface area contributed by atoms with Crippen molar-refractivity contribution in [2.24, 2.45) is 7.05 Å². The molecule has 0 unspecified atom stereocenters. The molecule has 0 radical (unpaired) electrons. The molecular weight excluding hydrogens is 182 g/mol. The summed E-state index contributed by atoms with van der Waals surface area (Å²) in [6.45, 7) is 2.01. The van der Waals surface area contributed by atoms with E-state index in [0.717, 1.165) is 0 Å². The van der Waals surface area contributed by atoms with E-state index in [0.29, 0.717) is 6.61 Å². The summed E-state index contributed by atoms with van der Waals surface area (Å²) < 4.78 is 4.68. The van der Waals surface area contributed by atoms with Crippen molar-refractivity contribution in [1.82, 2.24) is 15.0 Å². The Morgan fingerprint density at radius 2 is 2.33 bits per heavy atom. The zero-order valence-electron chi connectivity index (χ0n) is 6.74. The minimum Gasteiger partial charge on any atom is -0.461 e. The number of hydrogen-bond donors (Lipinski definition) is 0. The van der Waals surface area contributed by atoms with Crippen LogP contribution in [0.1, 0.15) is 17.4 Å². The maximum atomic E-state index is 11.1. The summed E-state index contributed by atoms with van der Waals surface area (Å²) in [5.74, 6) is -0.546. The van der Waals surface area contributed by atoms with Crippen LogP contribution in [0.4, 0.5) is 0 Å². The van der Waals surface area contributed by atoms with E-state index in [1.165, 1.54) is 4.80 Å². The van der Waals surface area contributed by atoms with Gasteiger partial charge in [0, 0.05) is 7.05 Å². The van der Waals surface area contributed by atoms with Gasteiger partial charge in [-0.05, 0) is 6.92 Å². The maximum Gasteiger partial charge on any atom is 0.362 e. The third-order valence-electron chi connectivity index (χ3n) is 1.14. The van der Waals surface area contributed by atoms with Crippen molar-refractivity contribution in [3.8, 4) is 0 Å².